The van der Waals surface area contributed by atoms with Crippen LogP contribution in [0.3, 0.4) is 0 Å². The van der Waals surface area contributed by atoms with Gasteiger partial charge in [-0.25, -0.2) is 0 Å². The van der Waals surface area contributed by atoms with Crippen molar-refractivity contribution < 1.29 is 4.79 Å². The summed E-state index contributed by atoms with van der Waals surface area (Å²) in [7, 11) is 0. The Labute approximate surface area is 126 Å². The molecule has 0 radical (unpaired) electrons. The van der Waals surface area contributed by atoms with Crippen LogP contribution in [0.15, 0.2) is 30.3 Å². The molecule has 0 aliphatic carbocycles. The van der Waals surface area contributed by atoms with E-state index in [4.69, 9.17) is 0 Å². The Morgan fingerprint density at radius 2 is 1.71 bits per heavy atom. The van der Waals surface area contributed by atoms with E-state index < -0.39 is 0 Å². The van der Waals surface area contributed by atoms with Gasteiger partial charge in [0, 0.05) is 5.56 Å². The normalized spacial score (nSPS) is 10.7. The van der Waals surface area contributed by atoms with Crippen molar-refractivity contribution in [3.8, 4) is 0 Å². The average Bonchev–Trinajstić information content (AvgIpc) is 2.99. The van der Waals surface area contributed by atoms with Crippen molar-refractivity contribution in [2.45, 2.75) is 51.9 Å². The molecule has 0 aliphatic heterocycles. The number of rotatable bonds is 9. The Hall–Kier alpha value is -1.97. The van der Waals surface area contributed by atoms with Crippen molar-refractivity contribution in [3.05, 3.63) is 47.3 Å². The lowest BCUT2D eigenvalue weighted by molar-refractivity contribution is 0.103. The fourth-order valence-corrected chi connectivity index (χ4v) is 2.41. The van der Waals surface area contributed by atoms with Gasteiger partial charge in [0.2, 0.25) is 5.78 Å². The fourth-order valence-electron chi connectivity index (χ4n) is 2.41. The fraction of sp³-hybridized carbons (Fsp3) is 0.471. The Morgan fingerprint density at radius 3 is 2.48 bits per heavy atom. The van der Waals surface area contributed by atoms with Crippen LogP contribution in [0.4, 0.5) is 0 Å². The number of aromatic nitrogens is 3. The van der Waals surface area contributed by atoms with Gasteiger partial charge in [0.1, 0.15) is 0 Å². The molecule has 4 heteroatoms. The van der Waals surface area contributed by atoms with E-state index in [-0.39, 0.29) is 5.78 Å². The molecule has 1 heterocycles. The van der Waals surface area contributed by atoms with Crippen molar-refractivity contribution in [3.63, 3.8) is 0 Å². The van der Waals surface area contributed by atoms with E-state index in [0.717, 1.165) is 18.5 Å². The highest BCUT2D eigenvalue weighted by Gasteiger charge is 2.17. The molecule has 4 nitrogen and oxygen atoms in total. The van der Waals surface area contributed by atoms with Gasteiger partial charge < -0.3 is 0 Å². The summed E-state index contributed by atoms with van der Waals surface area (Å²) < 4.78 is 0. The maximum Gasteiger partial charge on any atom is 0.215 e. The summed E-state index contributed by atoms with van der Waals surface area (Å²) in [6, 6.07) is 9.25. The highest BCUT2D eigenvalue weighted by Crippen LogP contribution is 2.13. The molecule has 0 spiro atoms. The van der Waals surface area contributed by atoms with Crippen molar-refractivity contribution in [2.24, 2.45) is 0 Å². The first-order valence-electron chi connectivity index (χ1n) is 7.82. The molecule has 1 N–H and O–H groups in total. The zero-order chi connectivity index (χ0) is 14.9. The van der Waals surface area contributed by atoms with Gasteiger partial charge in [-0.3, -0.25) is 4.79 Å². The average molecular weight is 285 g/mol. The first kappa shape index (κ1) is 15.4. The molecule has 2 rings (SSSR count). The lowest BCUT2D eigenvalue weighted by Crippen LogP contribution is -2.05. The first-order valence-corrected chi connectivity index (χ1v) is 7.82. The van der Waals surface area contributed by atoms with E-state index in [1.165, 1.54) is 32.1 Å². The Bertz CT molecular complexity index is 548. The third-order valence-electron chi connectivity index (χ3n) is 3.64. The summed E-state index contributed by atoms with van der Waals surface area (Å²) in [5.74, 6) is -0.0506. The number of aromatic amines is 1. The highest BCUT2D eigenvalue weighted by molar-refractivity contribution is 6.08. The van der Waals surface area contributed by atoms with E-state index in [1.54, 1.807) is 0 Å². The third kappa shape index (κ3) is 4.52. The number of H-pyrrole nitrogens is 1. The van der Waals surface area contributed by atoms with Crippen molar-refractivity contribution >= 4 is 5.78 Å². The smallest absolute Gasteiger partial charge is 0.215 e. The van der Waals surface area contributed by atoms with Crippen LogP contribution < -0.4 is 0 Å². The van der Waals surface area contributed by atoms with Gasteiger partial charge in [-0.15, -0.1) is 0 Å². The van der Waals surface area contributed by atoms with E-state index in [0.29, 0.717) is 11.3 Å². The van der Waals surface area contributed by atoms with Crippen molar-refractivity contribution in [1.29, 1.82) is 0 Å². The number of ketones is 1. The lowest BCUT2D eigenvalue weighted by atomic mass is 10.0. The number of carbonyl (C=O) groups is 1. The molecule has 21 heavy (non-hydrogen) atoms. The summed E-state index contributed by atoms with van der Waals surface area (Å²) in [6.45, 7) is 2.22. The predicted octanol–water partition coefficient (Wildman–Crippen LogP) is 3.94. The minimum absolute atomic E-state index is 0.0506. The Morgan fingerprint density at radius 1 is 1.00 bits per heavy atom. The number of hydrogen-bond donors (Lipinski definition) is 1. The van der Waals surface area contributed by atoms with Gasteiger partial charge in [0.05, 0.1) is 5.69 Å². The van der Waals surface area contributed by atoms with Gasteiger partial charge in [0.25, 0.3) is 0 Å². The summed E-state index contributed by atoms with van der Waals surface area (Å²) in [5, 5.41) is 10.8. The zero-order valence-electron chi connectivity index (χ0n) is 12.6. The molecule has 0 amide bonds. The number of nitrogens with zero attached hydrogens (tertiary/aromatic N) is 2. The Kier molecular flexibility index (Phi) is 6.13. The molecule has 1 aromatic carbocycles. The van der Waals surface area contributed by atoms with Crippen LogP contribution in [-0.4, -0.2) is 21.2 Å². The number of aryl methyl sites for hydroxylation is 1. The lowest BCUT2D eigenvalue weighted by Gasteiger charge is -2.01. The van der Waals surface area contributed by atoms with Gasteiger partial charge in [0.15, 0.2) is 5.69 Å². The SMILES string of the molecule is CCCCCCCCc1n[nH]nc1C(=O)c1ccccc1. The Balaban J connectivity index is 1.88. The maximum atomic E-state index is 12.4. The van der Waals surface area contributed by atoms with Crippen LogP contribution in [0.2, 0.25) is 0 Å². The largest absolute Gasteiger partial charge is 0.287 e. The van der Waals surface area contributed by atoms with Crippen LogP contribution in [0.25, 0.3) is 0 Å². The van der Waals surface area contributed by atoms with Crippen LogP contribution in [0, 0.1) is 0 Å². The molecule has 2 aromatic rings. The van der Waals surface area contributed by atoms with Crippen LogP contribution in [0.5, 0.6) is 0 Å². The minimum atomic E-state index is -0.0506. The van der Waals surface area contributed by atoms with Crippen molar-refractivity contribution in [2.75, 3.05) is 0 Å². The summed E-state index contributed by atoms with van der Waals surface area (Å²) in [5.41, 5.74) is 1.92. The molecular formula is C17H23N3O. The summed E-state index contributed by atoms with van der Waals surface area (Å²) in [4.78, 5) is 12.4. The van der Waals surface area contributed by atoms with Crippen LogP contribution >= 0.6 is 0 Å². The van der Waals surface area contributed by atoms with E-state index in [9.17, 15) is 4.79 Å². The molecular weight excluding hydrogens is 262 g/mol. The van der Waals surface area contributed by atoms with Crippen LogP contribution in [0.1, 0.15) is 67.2 Å². The van der Waals surface area contributed by atoms with Gasteiger partial charge >= 0.3 is 0 Å². The quantitative estimate of drug-likeness (QED) is 0.561. The summed E-state index contributed by atoms with van der Waals surface area (Å²) in [6.07, 6.45) is 8.19. The number of nitrogens with one attached hydrogen (secondary N) is 1. The second-order valence-corrected chi connectivity index (χ2v) is 5.33. The van der Waals surface area contributed by atoms with E-state index in [2.05, 4.69) is 22.3 Å². The first-order chi connectivity index (χ1) is 10.3. The minimum Gasteiger partial charge on any atom is -0.287 e. The predicted molar refractivity (Wildman–Crippen MR) is 83.3 cm³/mol. The molecule has 0 bridgehead atoms. The van der Waals surface area contributed by atoms with Gasteiger partial charge in [-0.05, 0) is 12.8 Å². The maximum absolute atomic E-state index is 12.4. The van der Waals surface area contributed by atoms with Crippen LogP contribution in [-0.2, 0) is 6.42 Å². The topological polar surface area (TPSA) is 58.6 Å². The molecule has 1 aromatic heterocycles. The second-order valence-electron chi connectivity index (χ2n) is 5.33. The molecule has 0 saturated carbocycles. The number of benzene rings is 1. The molecule has 0 fully saturated rings. The highest BCUT2D eigenvalue weighted by atomic mass is 16.1. The van der Waals surface area contributed by atoms with Gasteiger partial charge in [-0.1, -0.05) is 69.4 Å². The molecule has 0 aliphatic rings. The van der Waals surface area contributed by atoms with E-state index >= 15 is 0 Å². The third-order valence-corrected chi connectivity index (χ3v) is 3.64. The van der Waals surface area contributed by atoms with Crippen molar-refractivity contribution in [1.82, 2.24) is 15.4 Å². The number of unbranched alkanes of at least 4 members (excludes halogenated alkanes) is 5. The number of hydrogen-bond acceptors (Lipinski definition) is 3. The monoisotopic (exact) mass is 285 g/mol. The van der Waals surface area contributed by atoms with Gasteiger partial charge in [-0.2, -0.15) is 15.4 Å². The standard InChI is InChI=1S/C17H23N3O/c1-2-3-4-5-6-10-13-15-16(19-20-18-15)17(21)14-11-8-7-9-12-14/h7-9,11-12H,2-6,10,13H2,1H3,(H,18,19,20). The molecule has 0 unspecified atom stereocenters. The zero-order valence-corrected chi connectivity index (χ0v) is 12.6. The molecule has 112 valence electrons. The van der Waals surface area contributed by atoms with E-state index in [1.807, 2.05) is 30.3 Å². The second kappa shape index (κ2) is 8.35. The molecule has 0 saturated heterocycles. The molecule has 0 atom stereocenters. The summed E-state index contributed by atoms with van der Waals surface area (Å²) >= 11 is 0. The number of carbonyl (C=O) groups excluding carboxylic acids is 1.